The second-order valence-corrected chi connectivity index (χ2v) is 7.87. The normalized spacial score (nSPS) is 11.0. The molecule has 0 bridgehead atoms. The Balaban J connectivity index is 0.00000408. The smallest absolute Gasteiger partial charge is 0.191 e. The monoisotopic (exact) mass is 577 g/mol. The summed E-state index contributed by atoms with van der Waals surface area (Å²) in [6, 6.07) is 20.3. The van der Waals surface area contributed by atoms with Crippen molar-refractivity contribution in [1.29, 1.82) is 0 Å². The largest absolute Gasteiger partial charge is 0.494 e. The summed E-state index contributed by atoms with van der Waals surface area (Å²) in [5, 5.41) is 15.2. The molecule has 1 heterocycles. The van der Waals surface area contributed by atoms with Crippen LogP contribution in [0.1, 0.15) is 24.5 Å². The lowest BCUT2D eigenvalue weighted by molar-refractivity contribution is 0.311. The number of hydrogen-bond acceptors (Lipinski definition) is 5. The highest BCUT2D eigenvalue weighted by atomic mass is 127. The Hall–Kier alpha value is -2.82. The number of ether oxygens (including phenoxy) is 1. The lowest BCUT2D eigenvalue weighted by Crippen LogP contribution is -2.39. The summed E-state index contributed by atoms with van der Waals surface area (Å²) >= 11 is 0. The van der Waals surface area contributed by atoms with Crippen LogP contribution in [0.15, 0.2) is 65.7 Å². The molecule has 0 spiro atoms. The van der Waals surface area contributed by atoms with Gasteiger partial charge in [0.25, 0.3) is 0 Å². The number of nitrogens with zero attached hydrogens (tertiary/aromatic N) is 5. The van der Waals surface area contributed by atoms with Crippen LogP contribution in [0.4, 0.5) is 5.69 Å². The maximum Gasteiger partial charge on any atom is 0.191 e. The molecule has 0 fully saturated rings. The quantitative estimate of drug-likeness (QED) is 0.148. The molecule has 0 aliphatic rings. The summed E-state index contributed by atoms with van der Waals surface area (Å²) in [6.07, 6.45) is 1.86. The average Bonchev–Trinajstić information content (AvgIpc) is 3.17. The van der Waals surface area contributed by atoms with Gasteiger partial charge >= 0.3 is 0 Å². The van der Waals surface area contributed by atoms with Crippen molar-refractivity contribution >= 4 is 35.6 Å². The van der Waals surface area contributed by atoms with Crippen molar-refractivity contribution in [3.8, 4) is 5.75 Å². The summed E-state index contributed by atoms with van der Waals surface area (Å²) in [7, 11) is 4.08. The summed E-state index contributed by atoms with van der Waals surface area (Å²) in [4.78, 5) is 6.97. The molecule has 0 aliphatic heterocycles. The molecule has 184 valence electrons. The molecular weight excluding hydrogens is 541 g/mol. The summed E-state index contributed by atoms with van der Waals surface area (Å²) in [5.74, 6) is 3.39. The first kappa shape index (κ1) is 27.4. The van der Waals surface area contributed by atoms with E-state index in [1.54, 1.807) is 0 Å². The fraction of sp³-hybridized carbons (Fsp3) is 0.400. The number of hydrogen-bond donors (Lipinski definition) is 2. The third kappa shape index (κ3) is 9.20. The summed E-state index contributed by atoms with van der Waals surface area (Å²) in [5.41, 5.74) is 1.22. The predicted molar refractivity (Wildman–Crippen MR) is 149 cm³/mol. The molecule has 0 unspecified atom stereocenters. The minimum Gasteiger partial charge on any atom is -0.494 e. The highest BCUT2D eigenvalue weighted by molar-refractivity contribution is 14.0. The Morgan fingerprint density at radius 3 is 2.26 bits per heavy atom. The van der Waals surface area contributed by atoms with Crippen molar-refractivity contribution in [3.05, 3.63) is 72.3 Å². The number of para-hydroxylation sites is 2. The van der Waals surface area contributed by atoms with Crippen LogP contribution >= 0.6 is 24.0 Å². The Morgan fingerprint density at radius 1 is 0.971 bits per heavy atom. The maximum absolute atomic E-state index is 5.78. The van der Waals surface area contributed by atoms with E-state index < -0.39 is 0 Å². The van der Waals surface area contributed by atoms with Gasteiger partial charge in [-0.2, -0.15) is 0 Å². The molecule has 0 aliphatic carbocycles. The Labute approximate surface area is 219 Å². The highest BCUT2D eigenvalue weighted by Crippen LogP contribution is 2.11. The first-order valence-electron chi connectivity index (χ1n) is 11.4. The second-order valence-electron chi connectivity index (χ2n) is 7.87. The van der Waals surface area contributed by atoms with Crippen LogP contribution in [0.3, 0.4) is 0 Å². The van der Waals surface area contributed by atoms with Gasteiger partial charge in [-0.3, -0.25) is 0 Å². The van der Waals surface area contributed by atoms with Crippen LogP contribution < -0.4 is 20.3 Å². The number of aliphatic imine (C=N–C) groups is 1. The molecule has 0 radical (unpaired) electrons. The zero-order valence-electron chi connectivity index (χ0n) is 20.3. The van der Waals surface area contributed by atoms with Crippen molar-refractivity contribution < 1.29 is 4.74 Å². The number of aryl methyl sites for hydroxylation is 1. The van der Waals surface area contributed by atoms with E-state index >= 15 is 0 Å². The highest BCUT2D eigenvalue weighted by Gasteiger charge is 2.06. The van der Waals surface area contributed by atoms with Crippen molar-refractivity contribution in [3.63, 3.8) is 0 Å². The molecule has 2 N–H and O–H groups in total. The number of guanidine groups is 1. The SMILES string of the molecule is Cc1nnc(CN=C(NCCCOc2ccccc2)NCCCN(C)c2ccccc2)n1C.I. The molecule has 3 aromatic rings. The van der Waals surface area contributed by atoms with Gasteiger partial charge in [0.1, 0.15) is 18.1 Å². The van der Waals surface area contributed by atoms with Crippen LogP contribution in [0, 0.1) is 6.92 Å². The van der Waals surface area contributed by atoms with Gasteiger partial charge in [0.15, 0.2) is 11.8 Å². The van der Waals surface area contributed by atoms with Crippen molar-refractivity contribution in [2.24, 2.45) is 12.0 Å². The van der Waals surface area contributed by atoms with Crippen LogP contribution in [-0.2, 0) is 13.6 Å². The number of halogens is 1. The van der Waals surface area contributed by atoms with Gasteiger partial charge in [-0.15, -0.1) is 34.2 Å². The number of benzene rings is 2. The second kappa shape index (κ2) is 15.2. The van der Waals surface area contributed by atoms with Crippen LogP contribution in [0.2, 0.25) is 0 Å². The molecule has 2 aromatic carbocycles. The van der Waals surface area contributed by atoms with Gasteiger partial charge in [0.2, 0.25) is 0 Å². The van der Waals surface area contributed by atoms with Gasteiger partial charge in [-0.05, 0) is 44.0 Å². The average molecular weight is 578 g/mol. The van der Waals surface area contributed by atoms with Gasteiger partial charge in [-0.1, -0.05) is 36.4 Å². The lowest BCUT2D eigenvalue weighted by Gasteiger charge is -2.19. The zero-order chi connectivity index (χ0) is 23.3. The van der Waals surface area contributed by atoms with Crippen molar-refractivity contribution in [2.75, 3.05) is 38.2 Å². The first-order chi connectivity index (χ1) is 16.1. The van der Waals surface area contributed by atoms with E-state index in [4.69, 9.17) is 9.73 Å². The van der Waals surface area contributed by atoms with Crippen molar-refractivity contribution in [2.45, 2.75) is 26.3 Å². The van der Waals surface area contributed by atoms with Gasteiger partial charge in [0.05, 0.1) is 6.61 Å². The molecule has 0 saturated carbocycles. The third-order valence-corrected chi connectivity index (χ3v) is 5.35. The molecule has 0 atom stereocenters. The number of anilines is 1. The van der Waals surface area contributed by atoms with E-state index in [1.165, 1.54) is 5.69 Å². The van der Waals surface area contributed by atoms with E-state index in [9.17, 15) is 0 Å². The molecular formula is C25H36IN7O. The van der Waals surface area contributed by atoms with Gasteiger partial charge in [-0.25, -0.2) is 4.99 Å². The maximum atomic E-state index is 5.78. The fourth-order valence-electron chi connectivity index (χ4n) is 3.23. The lowest BCUT2D eigenvalue weighted by atomic mass is 10.3. The molecule has 1 aromatic heterocycles. The first-order valence-corrected chi connectivity index (χ1v) is 11.4. The van der Waals surface area contributed by atoms with E-state index in [0.29, 0.717) is 13.2 Å². The summed E-state index contributed by atoms with van der Waals surface area (Å²) < 4.78 is 7.74. The van der Waals surface area contributed by atoms with E-state index in [-0.39, 0.29) is 24.0 Å². The number of aromatic nitrogens is 3. The van der Waals surface area contributed by atoms with E-state index in [1.807, 2.05) is 54.9 Å². The topological polar surface area (TPSA) is 79.6 Å². The molecule has 0 saturated heterocycles. The van der Waals surface area contributed by atoms with Gasteiger partial charge < -0.3 is 24.8 Å². The van der Waals surface area contributed by atoms with E-state index in [2.05, 4.69) is 57.0 Å². The number of nitrogens with one attached hydrogen (secondary N) is 2. The molecule has 3 rings (SSSR count). The van der Waals surface area contributed by atoms with Crippen molar-refractivity contribution in [1.82, 2.24) is 25.4 Å². The predicted octanol–water partition coefficient (Wildman–Crippen LogP) is 3.77. The van der Waals surface area contributed by atoms with Crippen LogP contribution in [-0.4, -0.2) is 54.0 Å². The van der Waals surface area contributed by atoms with E-state index in [0.717, 1.165) is 55.8 Å². The minimum atomic E-state index is 0. The Kier molecular flexibility index (Phi) is 12.2. The zero-order valence-corrected chi connectivity index (χ0v) is 22.6. The molecule has 0 amide bonds. The molecule has 9 heteroatoms. The van der Waals surface area contributed by atoms with Crippen LogP contribution in [0.25, 0.3) is 0 Å². The van der Waals surface area contributed by atoms with Gasteiger partial charge in [0, 0.05) is 39.4 Å². The van der Waals surface area contributed by atoms with Crippen LogP contribution in [0.5, 0.6) is 5.75 Å². The molecule has 8 nitrogen and oxygen atoms in total. The molecule has 34 heavy (non-hydrogen) atoms. The fourth-order valence-corrected chi connectivity index (χ4v) is 3.23. The third-order valence-electron chi connectivity index (χ3n) is 5.35. The minimum absolute atomic E-state index is 0. The Bertz CT molecular complexity index is 979. The summed E-state index contributed by atoms with van der Waals surface area (Å²) in [6.45, 7) is 5.60. The number of rotatable bonds is 12. The standard InChI is InChI=1S/C25H35N7O.HI/c1-21-29-30-24(32(21)3)20-28-25(27-17-11-19-33-23-14-8-5-9-15-23)26-16-10-18-31(2)22-12-6-4-7-13-22;/h4-9,12-15H,10-11,16-20H2,1-3H3,(H2,26,27,28);1H. The Morgan fingerprint density at radius 2 is 1.62 bits per heavy atom.